The summed E-state index contributed by atoms with van der Waals surface area (Å²) in [5.41, 5.74) is 2.33. The van der Waals surface area contributed by atoms with Gasteiger partial charge in [-0.2, -0.15) is 0 Å². The van der Waals surface area contributed by atoms with E-state index in [0.717, 1.165) is 5.56 Å². The molecule has 1 heterocycles. The van der Waals surface area contributed by atoms with Crippen LogP contribution in [0, 0.1) is 10.1 Å². The van der Waals surface area contributed by atoms with Crippen LogP contribution in [0.5, 0.6) is 5.75 Å². The topological polar surface area (TPSA) is 99.0 Å². The first-order valence-electron chi connectivity index (χ1n) is 10.0. The van der Waals surface area contributed by atoms with Gasteiger partial charge in [0.2, 0.25) is 5.91 Å². The largest absolute Gasteiger partial charge is 0.497 e. The SMILES string of the molecule is C=CCOC(=O)C1=C(C)N(Cc2ccc([N+](=O)[O-])cc2)C(=O)CC1c1cccc(OC)c1. The first-order valence-corrected chi connectivity index (χ1v) is 10.0. The number of ether oxygens (including phenoxy) is 2. The molecule has 32 heavy (non-hydrogen) atoms. The number of methoxy groups -OCH3 is 1. The van der Waals surface area contributed by atoms with E-state index in [1.54, 1.807) is 38.3 Å². The lowest BCUT2D eigenvalue weighted by Gasteiger charge is -2.34. The third kappa shape index (κ3) is 4.85. The molecule has 0 radical (unpaired) electrons. The minimum atomic E-state index is -0.517. The monoisotopic (exact) mass is 436 g/mol. The van der Waals surface area contributed by atoms with Crippen LogP contribution in [0.1, 0.15) is 30.4 Å². The van der Waals surface area contributed by atoms with E-state index < -0.39 is 16.8 Å². The molecule has 8 nitrogen and oxygen atoms in total. The Morgan fingerprint density at radius 2 is 2.00 bits per heavy atom. The summed E-state index contributed by atoms with van der Waals surface area (Å²) in [5, 5.41) is 10.9. The molecule has 0 spiro atoms. The van der Waals surface area contributed by atoms with Gasteiger partial charge in [0.25, 0.3) is 5.69 Å². The molecule has 0 aliphatic carbocycles. The second-order valence-electron chi connectivity index (χ2n) is 7.32. The average molecular weight is 436 g/mol. The summed E-state index contributed by atoms with van der Waals surface area (Å²) in [6.07, 6.45) is 1.56. The predicted octanol–water partition coefficient (Wildman–Crippen LogP) is 4.12. The molecule has 2 aromatic carbocycles. The summed E-state index contributed by atoms with van der Waals surface area (Å²) in [7, 11) is 1.55. The normalized spacial score (nSPS) is 16.0. The van der Waals surface area contributed by atoms with E-state index in [0.29, 0.717) is 22.6 Å². The van der Waals surface area contributed by atoms with Crippen LogP contribution in [-0.2, 0) is 20.9 Å². The van der Waals surface area contributed by atoms with Crippen molar-refractivity contribution in [3.05, 3.63) is 93.7 Å². The predicted molar refractivity (Wildman–Crippen MR) is 118 cm³/mol. The molecule has 0 aromatic heterocycles. The quantitative estimate of drug-likeness (QED) is 0.267. The van der Waals surface area contributed by atoms with E-state index in [-0.39, 0.29) is 31.2 Å². The summed E-state index contributed by atoms with van der Waals surface area (Å²) in [6, 6.07) is 13.2. The van der Waals surface area contributed by atoms with Gasteiger partial charge in [0.05, 0.1) is 24.2 Å². The number of carbonyl (C=O) groups is 2. The zero-order chi connectivity index (χ0) is 23.3. The number of rotatable bonds is 8. The van der Waals surface area contributed by atoms with Gasteiger partial charge in [-0.05, 0) is 30.2 Å². The fourth-order valence-electron chi connectivity index (χ4n) is 3.73. The standard InChI is InChI=1S/C24H24N2O6/c1-4-12-32-24(28)23-16(2)25(15-17-8-10-19(11-9-17)26(29)30)22(27)14-21(23)18-6-5-7-20(13-18)31-3/h4-11,13,21H,1,12,14-15H2,2-3H3. The second-order valence-corrected chi connectivity index (χ2v) is 7.32. The molecule has 1 aliphatic heterocycles. The van der Waals surface area contributed by atoms with Crippen molar-refractivity contribution < 1.29 is 24.0 Å². The fraction of sp³-hybridized carbons (Fsp3) is 0.250. The van der Waals surface area contributed by atoms with Crippen molar-refractivity contribution in [3.63, 3.8) is 0 Å². The van der Waals surface area contributed by atoms with Crippen LogP contribution in [0.15, 0.2) is 72.5 Å². The van der Waals surface area contributed by atoms with Crippen LogP contribution in [-0.4, -0.2) is 35.4 Å². The van der Waals surface area contributed by atoms with Crippen molar-refractivity contribution >= 4 is 17.6 Å². The lowest BCUT2D eigenvalue weighted by atomic mass is 9.83. The molecule has 0 saturated heterocycles. The molecule has 2 aromatic rings. The highest BCUT2D eigenvalue weighted by molar-refractivity contribution is 5.96. The summed E-state index contributed by atoms with van der Waals surface area (Å²) < 4.78 is 10.6. The lowest BCUT2D eigenvalue weighted by Crippen LogP contribution is -2.38. The molecule has 0 bridgehead atoms. The maximum Gasteiger partial charge on any atom is 0.336 e. The van der Waals surface area contributed by atoms with Crippen LogP contribution in [0.2, 0.25) is 0 Å². The van der Waals surface area contributed by atoms with Gasteiger partial charge in [-0.3, -0.25) is 14.9 Å². The lowest BCUT2D eigenvalue weighted by molar-refractivity contribution is -0.384. The Balaban J connectivity index is 2.00. The second kappa shape index (κ2) is 9.91. The number of carbonyl (C=O) groups excluding carboxylic acids is 2. The number of amides is 1. The highest BCUT2D eigenvalue weighted by Crippen LogP contribution is 2.38. The van der Waals surface area contributed by atoms with Gasteiger partial charge in [0, 0.05) is 30.2 Å². The number of nitro groups is 1. The van der Waals surface area contributed by atoms with Crippen molar-refractivity contribution in [2.45, 2.75) is 25.8 Å². The third-order valence-corrected chi connectivity index (χ3v) is 5.36. The van der Waals surface area contributed by atoms with Gasteiger partial charge in [-0.25, -0.2) is 4.79 Å². The number of allylic oxidation sites excluding steroid dienone is 1. The van der Waals surface area contributed by atoms with Gasteiger partial charge in [0.15, 0.2) is 0 Å². The first kappa shape index (κ1) is 22.7. The molecule has 0 N–H and O–H groups in total. The van der Waals surface area contributed by atoms with E-state index in [9.17, 15) is 19.7 Å². The molecule has 1 unspecified atom stereocenters. The number of hydrogen-bond acceptors (Lipinski definition) is 6. The summed E-state index contributed by atoms with van der Waals surface area (Å²) in [5.74, 6) is -0.534. The van der Waals surface area contributed by atoms with Crippen molar-refractivity contribution in [2.75, 3.05) is 13.7 Å². The smallest absolute Gasteiger partial charge is 0.336 e. The van der Waals surface area contributed by atoms with Crippen LogP contribution in [0.4, 0.5) is 5.69 Å². The molecule has 3 rings (SSSR count). The number of esters is 1. The van der Waals surface area contributed by atoms with E-state index in [1.165, 1.54) is 23.1 Å². The fourth-order valence-corrected chi connectivity index (χ4v) is 3.73. The Kier molecular flexibility index (Phi) is 7.04. The molecule has 1 atom stereocenters. The van der Waals surface area contributed by atoms with Gasteiger partial charge < -0.3 is 14.4 Å². The Morgan fingerprint density at radius 3 is 2.62 bits per heavy atom. The Bertz CT molecular complexity index is 1070. The van der Waals surface area contributed by atoms with Gasteiger partial charge in [-0.1, -0.05) is 36.9 Å². The van der Waals surface area contributed by atoms with Crippen LogP contribution >= 0.6 is 0 Å². The van der Waals surface area contributed by atoms with Crippen LogP contribution in [0.25, 0.3) is 0 Å². The first-order chi connectivity index (χ1) is 15.3. The summed E-state index contributed by atoms with van der Waals surface area (Å²) in [6.45, 7) is 5.52. The molecule has 1 aliphatic rings. The van der Waals surface area contributed by atoms with E-state index in [1.807, 2.05) is 12.1 Å². The molecule has 0 saturated carbocycles. The van der Waals surface area contributed by atoms with Crippen molar-refractivity contribution in [3.8, 4) is 5.75 Å². The number of benzene rings is 2. The van der Waals surface area contributed by atoms with Crippen LogP contribution in [0.3, 0.4) is 0 Å². The van der Waals surface area contributed by atoms with E-state index in [4.69, 9.17) is 9.47 Å². The Hall–Kier alpha value is -3.94. The molecule has 0 fully saturated rings. The maximum absolute atomic E-state index is 13.1. The minimum Gasteiger partial charge on any atom is -0.497 e. The van der Waals surface area contributed by atoms with E-state index in [2.05, 4.69) is 6.58 Å². The van der Waals surface area contributed by atoms with Crippen LogP contribution < -0.4 is 4.74 Å². The summed E-state index contributed by atoms with van der Waals surface area (Å²) in [4.78, 5) is 38.0. The zero-order valence-electron chi connectivity index (χ0n) is 17.9. The van der Waals surface area contributed by atoms with Crippen molar-refractivity contribution in [1.29, 1.82) is 0 Å². The van der Waals surface area contributed by atoms with Crippen molar-refractivity contribution in [2.24, 2.45) is 0 Å². The highest BCUT2D eigenvalue weighted by Gasteiger charge is 2.37. The molecule has 1 amide bonds. The number of nitrogens with zero attached hydrogens (tertiary/aromatic N) is 2. The Labute approximate surface area is 185 Å². The highest BCUT2D eigenvalue weighted by atomic mass is 16.6. The number of non-ortho nitro benzene ring substituents is 1. The minimum absolute atomic E-state index is 0.0298. The van der Waals surface area contributed by atoms with Gasteiger partial charge in [0.1, 0.15) is 12.4 Å². The summed E-state index contributed by atoms with van der Waals surface area (Å²) >= 11 is 0. The number of nitro benzene ring substituents is 1. The molecular formula is C24H24N2O6. The van der Waals surface area contributed by atoms with E-state index >= 15 is 0 Å². The number of hydrogen-bond donors (Lipinski definition) is 0. The Morgan fingerprint density at radius 1 is 1.28 bits per heavy atom. The van der Waals surface area contributed by atoms with Gasteiger partial charge in [-0.15, -0.1) is 0 Å². The van der Waals surface area contributed by atoms with Crippen molar-refractivity contribution in [1.82, 2.24) is 4.90 Å². The maximum atomic E-state index is 13.1. The molecule has 8 heteroatoms. The van der Waals surface area contributed by atoms with Gasteiger partial charge >= 0.3 is 5.97 Å². The molecular weight excluding hydrogens is 412 g/mol. The molecule has 166 valence electrons. The average Bonchev–Trinajstić information content (AvgIpc) is 2.80. The third-order valence-electron chi connectivity index (χ3n) is 5.36. The zero-order valence-corrected chi connectivity index (χ0v) is 17.9.